The van der Waals surface area contributed by atoms with Crippen LogP contribution in [-0.2, 0) is 11.2 Å². The first-order chi connectivity index (χ1) is 16.3. The number of rotatable bonds is 6. The molecule has 0 bridgehead atoms. The Bertz CT molecular complexity index is 1440. The lowest BCUT2D eigenvalue weighted by Gasteiger charge is -2.16. The summed E-state index contributed by atoms with van der Waals surface area (Å²) in [6.07, 6.45) is -0.0258. The molecule has 0 saturated carbocycles. The molecule has 0 fully saturated rings. The Morgan fingerprint density at radius 1 is 0.941 bits per heavy atom. The van der Waals surface area contributed by atoms with E-state index in [-0.39, 0.29) is 27.9 Å². The van der Waals surface area contributed by atoms with Crippen LogP contribution in [-0.4, -0.2) is 32.7 Å². The molecule has 34 heavy (non-hydrogen) atoms. The van der Waals surface area contributed by atoms with Crippen molar-refractivity contribution in [2.24, 2.45) is 0 Å². The number of hydrogen-bond acceptors (Lipinski definition) is 4. The molecule has 0 aliphatic carbocycles. The molecule has 172 valence electrons. The first-order valence-electron chi connectivity index (χ1n) is 10.2. The van der Waals surface area contributed by atoms with E-state index in [0.717, 1.165) is 0 Å². The predicted molar refractivity (Wildman–Crippen MR) is 130 cm³/mol. The zero-order chi connectivity index (χ0) is 24.4. The van der Waals surface area contributed by atoms with Gasteiger partial charge in [0.25, 0.3) is 11.5 Å². The Morgan fingerprint density at radius 3 is 2.24 bits per heavy atom. The van der Waals surface area contributed by atoms with Crippen molar-refractivity contribution in [3.8, 4) is 11.6 Å². The molecular weight excluding hydrogens is 479 g/mol. The summed E-state index contributed by atoms with van der Waals surface area (Å²) in [4.78, 5) is 37.0. The van der Waals surface area contributed by atoms with Crippen LogP contribution in [0.5, 0.6) is 5.88 Å². The number of carbonyl (C=O) groups is 2. The van der Waals surface area contributed by atoms with Gasteiger partial charge in [-0.15, -0.1) is 0 Å². The van der Waals surface area contributed by atoms with Crippen LogP contribution < -0.4 is 10.9 Å². The van der Waals surface area contributed by atoms with E-state index < -0.39 is 23.5 Å². The van der Waals surface area contributed by atoms with Gasteiger partial charge in [0, 0.05) is 17.9 Å². The van der Waals surface area contributed by atoms with E-state index >= 15 is 0 Å². The van der Waals surface area contributed by atoms with Gasteiger partial charge in [0.05, 0.1) is 21.3 Å². The maximum absolute atomic E-state index is 12.6. The van der Waals surface area contributed by atoms with E-state index in [1.165, 1.54) is 22.8 Å². The van der Waals surface area contributed by atoms with Crippen molar-refractivity contribution in [3.63, 3.8) is 0 Å². The topological polar surface area (TPSA) is 109 Å². The highest BCUT2D eigenvalue weighted by atomic mass is 35.5. The zero-order valence-corrected chi connectivity index (χ0v) is 19.0. The van der Waals surface area contributed by atoms with E-state index in [1.54, 1.807) is 54.6 Å². The Labute approximate surface area is 203 Å². The number of aliphatic carboxylic acids is 1. The number of amides is 1. The molecule has 0 saturated heterocycles. The van der Waals surface area contributed by atoms with E-state index in [0.29, 0.717) is 22.0 Å². The summed E-state index contributed by atoms with van der Waals surface area (Å²) >= 11 is 12.1. The molecule has 0 spiro atoms. The van der Waals surface area contributed by atoms with Crippen LogP contribution in [0.15, 0.2) is 77.6 Å². The molecule has 3 aromatic carbocycles. The molecular formula is C25H18Cl2N2O5. The van der Waals surface area contributed by atoms with Crippen LogP contribution in [0.1, 0.15) is 15.9 Å². The normalized spacial score (nSPS) is 11.8. The number of carbonyl (C=O) groups excluding carboxylic acids is 1. The number of pyridine rings is 1. The highest BCUT2D eigenvalue weighted by Crippen LogP contribution is 2.26. The third-order valence-corrected chi connectivity index (χ3v) is 5.97. The van der Waals surface area contributed by atoms with Gasteiger partial charge in [0.1, 0.15) is 6.04 Å². The standard InChI is InChI=1S/C25H18Cl2N2O5/c26-18-6-3-7-19(27)22(18)23(31)28-20(25(33)34)12-14-8-10-16(11-9-14)29-21(30)13-15-4-1-2-5-17(15)24(29)32/h1-11,13,20,32H,12H2,(H,28,31)(H,33,34)/t20-/m0/s1. The Balaban J connectivity index is 1.58. The largest absolute Gasteiger partial charge is 0.494 e. The SMILES string of the molecule is O=C(N[C@@H](Cc1ccc(-n2c(O)c3ccccc3cc2=O)cc1)C(=O)O)c1c(Cl)cccc1Cl. The highest BCUT2D eigenvalue weighted by Gasteiger charge is 2.24. The summed E-state index contributed by atoms with van der Waals surface area (Å²) < 4.78 is 1.17. The van der Waals surface area contributed by atoms with E-state index in [1.807, 2.05) is 0 Å². The molecule has 0 aliphatic heterocycles. The maximum Gasteiger partial charge on any atom is 0.326 e. The fourth-order valence-corrected chi connectivity index (χ4v) is 4.23. The van der Waals surface area contributed by atoms with Crippen molar-refractivity contribution in [3.05, 3.63) is 104 Å². The molecule has 3 N–H and O–H groups in total. The molecule has 4 rings (SSSR count). The van der Waals surface area contributed by atoms with Gasteiger partial charge in [0.2, 0.25) is 5.88 Å². The number of nitrogens with zero attached hydrogens (tertiary/aromatic N) is 1. The Morgan fingerprint density at radius 2 is 1.59 bits per heavy atom. The number of nitrogens with one attached hydrogen (secondary N) is 1. The van der Waals surface area contributed by atoms with Crippen LogP contribution in [0.3, 0.4) is 0 Å². The van der Waals surface area contributed by atoms with Gasteiger partial charge in [0.15, 0.2) is 0 Å². The smallest absolute Gasteiger partial charge is 0.326 e. The number of benzene rings is 3. The molecule has 9 heteroatoms. The van der Waals surface area contributed by atoms with Crippen LogP contribution in [0.2, 0.25) is 10.0 Å². The van der Waals surface area contributed by atoms with Gasteiger partial charge in [-0.05, 0) is 41.3 Å². The van der Waals surface area contributed by atoms with Crippen molar-refractivity contribution in [1.29, 1.82) is 0 Å². The van der Waals surface area contributed by atoms with Crippen molar-refractivity contribution >= 4 is 45.9 Å². The van der Waals surface area contributed by atoms with Crippen molar-refractivity contribution in [1.82, 2.24) is 9.88 Å². The molecule has 0 aliphatic rings. The molecule has 1 aromatic heterocycles. The number of fused-ring (bicyclic) bond motifs is 1. The average Bonchev–Trinajstić information content (AvgIpc) is 2.79. The summed E-state index contributed by atoms with van der Waals surface area (Å²) in [6.45, 7) is 0. The third-order valence-electron chi connectivity index (χ3n) is 5.34. The lowest BCUT2D eigenvalue weighted by atomic mass is 10.0. The summed E-state index contributed by atoms with van der Waals surface area (Å²) in [6, 6.07) is 18.2. The molecule has 0 unspecified atom stereocenters. The lowest BCUT2D eigenvalue weighted by Crippen LogP contribution is -2.42. The lowest BCUT2D eigenvalue weighted by molar-refractivity contribution is -0.139. The van der Waals surface area contributed by atoms with Gasteiger partial charge in [-0.1, -0.05) is 59.6 Å². The number of carboxylic acid groups (broad SMARTS) is 1. The zero-order valence-electron chi connectivity index (χ0n) is 17.5. The number of hydrogen-bond donors (Lipinski definition) is 3. The molecule has 4 aromatic rings. The fourth-order valence-electron chi connectivity index (χ4n) is 3.66. The number of aromatic nitrogens is 1. The van der Waals surface area contributed by atoms with Gasteiger partial charge >= 0.3 is 5.97 Å². The summed E-state index contributed by atoms with van der Waals surface area (Å²) in [7, 11) is 0. The van der Waals surface area contributed by atoms with E-state index in [2.05, 4.69) is 5.32 Å². The van der Waals surface area contributed by atoms with Crippen molar-refractivity contribution in [2.45, 2.75) is 12.5 Å². The Hall–Kier alpha value is -3.81. The minimum absolute atomic E-state index is 0.00131. The number of halogens is 2. The van der Waals surface area contributed by atoms with Gasteiger partial charge in [-0.2, -0.15) is 0 Å². The molecule has 1 atom stereocenters. The minimum atomic E-state index is -1.25. The molecule has 1 amide bonds. The van der Waals surface area contributed by atoms with Gasteiger partial charge in [-0.25, -0.2) is 9.36 Å². The van der Waals surface area contributed by atoms with E-state index in [9.17, 15) is 24.6 Å². The molecule has 0 radical (unpaired) electrons. The monoisotopic (exact) mass is 496 g/mol. The molecule has 1 heterocycles. The quantitative estimate of drug-likeness (QED) is 0.365. The first kappa shape index (κ1) is 23.4. The average molecular weight is 497 g/mol. The third kappa shape index (κ3) is 4.62. The van der Waals surface area contributed by atoms with Gasteiger partial charge in [-0.3, -0.25) is 9.59 Å². The van der Waals surface area contributed by atoms with Gasteiger partial charge < -0.3 is 15.5 Å². The van der Waals surface area contributed by atoms with Crippen LogP contribution in [0.25, 0.3) is 16.5 Å². The summed E-state index contributed by atoms with van der Waals surface area (Å²) in [5, 5.41) is 24.1. The van der Waals surface area contributed by atoms with Crippen molar-refractivity contribution in [2.75, 3.05) is 0 Å². The first-order valence-corrected chi connectivity index (χ1v) is 10.9. The fraction of sp³-hybridized carbons (Fsp3) is 0.0800. The highest BCUT2D eigenvalue weighted by molar-refractivity contribution is 6.39. The summed E-state index contributed by atoms with van der Waals surface area (Å²) in [5.41, 5.74) is 0.598. The van der Waals surface area contributed by atoms with Crippen LogP contribution in [0, 0.1) is 0 Å². The summed E-state index contributed by atoms with van der Waals surface area (Å²) in [5.74, 6) is -2.13. The second-order valence-corrected chi connectivity index (χ2v) is 8.37. The predicted octanol–water partition coefficient (Wildman–Crippen LogP) is 4.43. The number of aromatic hydroxyl groups is 1. The van der Waals surface area contributed by atoms with E-state index in [4.69, 9.17) is 23.2 Å². The molecule has 7 nitrogen and oxygen atoms in total. The Kier molecular flexibility index (Phi) is 6.58. The maximum atomic E-state index is 12.6. The van der Waals surface area contributed by atoms with Crippen molar-refractivity contribution < 1.29 is 19.8 Å². The van der Waals surface area contributed by atoms with Crippen LogP contribution in [0.4, 0.5) is 0 Å². The second kappa shape index (κ2) is 9.59. The van der Waals surface area contributed by atoms with Crippen LogP contribution >= 0.6 is 23.2 Å². The number of carboxylic acids is 1. The minimum Gasteiger partial charge on any atom is -0.494 e. The second-order valence-electron chi connectivity index (χ2n) is 7.56.